The van der Waals surface area contributed by atoms with Gasteiger partial charge in [-0.15, -0.1) is 0 Å². The van der Waals surface area contributed by atoms with Crippen LogP contribution >= 0.6 is 27.3 Å². The monoisotopic (exact) mass is 521 g/mol. The predicted octanol–water partition coefficient (Wildman–Crippen LogP) is 5.99. The van der Waals surface area contributed by atoms with Crippen LogP contribution < -0.4 is 10.4 Å². The van der Waals surface area contributed by atoms with Crippen molar-refractivity contribution in [3.05, 3.63) is 105 Å². The van der Waals surface area contributed by atoms with E-state index in [1.54, 1.807) is 24.3 Å². The largest absolute Gasteiger partial charge is 0.463 e. The maximum atomic E-state index is 13.4. The molecule has 1 amide bonds. The van der Waals surface area contributed by atoms with Gasteiger partial charge in [0.05, 0.1) is 27.4 Å². The molecule has 0 atom stereocenters. The third-order valence-corrected chi connectivity index (χ3v) is 6.31. The van der Waals surface area contributed by atoms with Crippen molar-refractivity contribution in [2.45, 2.75) is 0 Å². The van der Waals surface area contributed by atoms with Gasteiger partial charge in [-0.2, -0.15) is 10.1 Å². The van der Waals surface area contributed by atoms with Crippen molar-refractivity contribution < 1.29 is 13.6 Å². The van der Waals surface area contributed by atoms with E-state index in [0.29, 0.717) is 21.6 Å². The van der Waals surface area contributed by atoms with Crippen molar-refractivity contribution in [2.24, 2.45) is 5.10 Å². The fourth-order valence-electron chi connectivity index (χ4n) is 3.18. The molecule has 9 heteroatoms. The molecule has 0 aliphatic rings. The van der Waals surface area contributed by atoms with Gasteiger partial charge in [-0.05, 0) is 54.6 Å². The standard InChI is InChI=1S/C24H13BrFN3O3S/c25-16-7-10-19-21(11-16)33-24(28-19)29(23(31)14-5-8-17(26)9-6-14)27-12-15-13-32-20-4-2-1-3-18(20)22(15)30/h1-13H/b27-12+. The Balaban J connectivity index is 1.60. The van der Waals surface area contributed by atoms with E-state index in [0.717, 1.165) is 14.2 Å². The highest BCUT2D eigenvalue weighted by atomic mass is 79.9. The third-order valence-electron chi connectivity index (χ3n) is 4.82. The molecule has 3 aromatic carbocycles. The summed E-state index contributed by atoms with van der Waals surface area (Å²) in [4.78, 5) is 30.6. The van der Waals surface area contributed by atoms with Crippen molar-refractivity contribution in [1.82, 2.24) is 4.98 Å². The Morgan fingerprint density at radius 2 is 1.91 bits per heavy atom. The lowest BCUT2D eigenvalue weighted by Gasteiger charge is -2.13. The van der Waals surface area contributed by atoms with Crippen molar-refractivity contribution in [1.29, 1.82) is 0 Å². The lowest BCUT2D eigenvalue weighted by molar-refractivity contribution is 0.0988. The summed E-state index contributed by atoms with van der Waals surface area (Å²) in [6, 6.07) is 17.6. The number of hydrazone groups is 1. The van der Waals surface area contributed by atoms with Crippen LogP contribution in [0.2, 0.25) is 0 Å². The smallest absolute Gasteiger partial charge is 0.280 e. The third kappa shape index (κ3) is 4.20. The maximum Gasteiger partial charge on any atom is 0.280 e. The van der Waals surface area contributed by atoms with Crippen molar-refractivity contribution in [3.63, 3.8) is 0 Å². The Hall–Kier alpha value is -3.69. The summed E-state index contributed by atoms with van der Waals surface area (Å²) in [6.07, 6.45) is 2.56. The lowest BCUT2D eigenvalue weighted by Crippen LogP contribution is -2.26. The van der Waals surface area contributed by atoms with Gasteiger partial charge < -0.3 is 4.42 Å². The van der Waals surface area contributed by atoms with Gasteiger partial charge in [0.25, 0.3) is 5.91 Å². The molecule has 5 rings (SSSR count). The van der Waals surface area contributed by atoms with Crippen LogP contribution in [0.15, 0.2) is 91.8 Å². The summed E-state index contributed by atoms with van der Waals surface area (Å²) in [5.74, 6) is -0.977. The zero-order chi connectivity index (χ0) is 22.9. The van der Waals surface area contributed by atoms with E-state index in [4.69, 9.17) is 4.42 Å². The van der Waals surface area contributed by atoms with Crippen LogP contribution in [0.25, 0.3) is 21.2 Å². The maximum absolute atomic E-state index is 13.4. The molecule has 6 nitrogen and oxygen atoms in total. The Kier molecular flexibility index (Phi) is 5.57. The number of fused-ring (bicyclic) bond motifs is 2. The molecule has 0 unspecified atom stereocenters. The van der Waals surface area contributed by atoms with E-state index in [-0.39, 0.29) is 16.6 Å². The van der Waals surface area contributed by atoms with Crippen molar-refractivity contribution >= 4 is 65.7 Å². The molecule has 0 N–H and O–H groups in total. The van der Waals surface area contributed by atoms with Crippen LogP contribution in [0.4, 0.5) is 9.52 Å². The topological polar surface area (TPSA) is 75.8 Å². The quantitative estimate of drug-likeness (QED) is 0.215. The first kappa shape index (κ1) is 21.2. The minimum absolute atomic E-state index is 0.175. The van der Waals surface area contributed by atoms with Gasteiger partial charge >= 0.3 is 0 Å². The normalized spacial score (nSPS) is 11.5. The summed E-state index contributed by atoms with van der Waals surface area (Å²) in [5, 5.41) is 6.10. The Morgan fingerprint density at radius 3 is 2.73 bits per heavy atom. The van der Waals surface area contributed by atoms with Gasteiger partial charge in [0.1, 0.15) is 17.7 Å². The van der Waals surface area contributed by atoms with Crippen LogP contribution in [0.3, 0.4) is 0 Å². The second-order valence-electron chi connectivity index (χ2n) is 6.99. The van der Waals surface area contributed by atoms with E-state index in [1.807, 2.05) is 18.2 Å². The molecule has 0 saturated carbocycles. The van der Waals surface area contributed by atoms with Crippen LogP contribution in [0.5, 0.6) is 0 Å². The molecular formula is C24H13BrFN3O3S. The lowest BCUT2D eigenvalue weighted by atomic mass is 10.2. The molecule has 162 valence electrons. The summed E-state index contributed by atoms with van der Waals surface area (Å²) in [7, 11) is 0. The number of carbonyl (C=O) groups excluding carboxylic acids is 1. The zero-order valence-corrected chi connectivity index (χ0v) is 19.1. The van der Waals surface area contributed by atoms with Gasteiger partial charge in [-0.1, -0.05) is 39.4 Å². The van der Waals surface area contributed by atoms with Crippen LogP contribution in [0, 0.1) is 5.82 Å². The SMILES string of the molecule is O=C(c1ccc(F)cc1)N(/N=C/c1coc2ccccc2c1=O)c1nc2ccc(Br)cc2s1. The first-order valence-corrected chi connectivity index (χ1v) is 11.3. The Bertz CT molecular complexity index is 1590. The second kappa shape index (κ2) is 8.68. The van der Waals surface area contributed by atoms with Gasteiger partial charge in [0.2, 0.25) is 10.6 Å². The highest BCUT2D eigenvalue weighted by molar-refractivity contribution is 9.10. The molecule has 33 heavy (non-hydrogen) atoms. The number of carbonyl (C=O) groups is 1. The number of nitrogens with zero attached hydrogens (tertiary/aromatic N) is 3. The molecule has 0 radical (unpaired) electrons. The number of amides is 1. The molecule has 2 aromatic heterocycles. The second-order valence-corrected chi connectivity index (χ2v) is 8.92. The molecule has 0 aliphatic carbocycles. The minimum atomic E-state index is -0.519. The highest BCUT2D eigenvalue weighted by Gasteiger charge is 2.21. The van der Waals surface area contributed by atoms with E-state index < -0.39 is 11.7 Å². The van der Waals surface area contributed by atoms with Crippen LogP contribution in [0.1, 0.15) is 15.9 Å². The van der Waals surface area contributed by atoms with E-state index in [9.17, 15) is 14.0 Å². The summed E-state index contributed by atoms with van der Waals surface area (Å²) >= 11 is 4.69. The number of halogens is 2. The zero-order valence-electron chi connectivity index (χ0n) is 16.7. The van der Waals surface area contributed by atoms with E-state index in [2.05, 4.69) is 26.0 Å². The fraction of sp³-hybridized carbons (Fsp3) is 0. The molecule has 0 aliphatic heterocycles. The number of benzene rings is 3. The van der Waals surface area contributed by atoms with Crippen LogP contribution in [-0.2, 0) is 0 Å². The van der Waals surface area contributed by atoms with Gasteiger partial charge in [0.15, 0.2) is 0 Å². The number of anilines is 1. The van der Waals surface area contributed by atoms with E-state index >= 15 is 0 Å². The number of hydrogen-bond acceptors (Lipinski definition) is 6. The average Bonchev–Trinajstić information content (AvgIpc) is 3.24. The summed E-state index contributed by atoms with van der Waals surface area (Å²) < 4.78 is 20.6. The van der Waals surface area contributed by atoms with Gasteiger partial charge in [-0.3, -0.25) is 9.59 Å². The molecule has 0 fully saturated rings. The van der Waals surface area contributed by atoms with Gasteiger partial charge in [0, 0.05) is 10.0 Å². The molecule has 5 aromatic rings. The first-order chi connectivity index (χ1) is 16.0. The molecular weight excluding hydrogens is 509 g/mol. The van der Waals surface area contributed by atoms with Gasteiger partial charge in [-0.25, -0.2) is 9.37 Å². The number of rotatable bonds is 4. The predicted molar refractivity (Wildman–Crippen MR) is 131 cm³/mol. The molecule has 2 heterocycles. The average molecular weight is 522 g/mol. The first-order valence-electron chi connectivity index (χ1n) is 9.70. The number of thiazole rings is 1. The number of aromatic nitrogens is 1. The number of para-hydroxylation sites is 1. The summed E-state index contributed by atoms with van der Waals surface area (Å²) in [6.45, 7) is 0. The molecule has 0 spiro atoms. The minimum Gasteiger partial charge on any atom is -0.463 e. The van der Waals surface area contributed by atoms with Crippen LogP contribution in [-0.4, -0.2) is 17.1 Å². The molecule has 0 saturated heterocycles. The summed E-state index contributed by atoms with van der Waals surface area (Å²) in [5.41, 5.74) is 1.27. The fourth-order valence-corrected chi connectivity index (χ4v) is 4.66. The highest BCUT2D eigenvalue weighted by Crippen LogP contribution is 2.32. The van der Waals surface area contributed by atoms with E-state index in [1.165, 1.54) is 48.1 Å². The molecule has 0 bridgehead atoms. The van der Waals surface area contributed by atoms with Crippen molar-refractivity contribution in [2.75, 3.05) is 5.01 Å². The Morgan fingerprint density at radius 1 is 1.12 bits per heavy atom. The Labute approximate surface area is 198 Å². The van der Waals surface area contributed by atoms with Crippen molar-refractivity contribution in [3.8, 4) is 0 Å². The number of hydrogen-bond donors (Lipinski definition) is 0.